The topological polar surface area (TPSA) is 94.3 Å². The van der Waals surface area contributed by atoms with Crippen LogP contribution in [0.25, 0.3) is 11.5 Å². The number of anilines is 1. The Kier molecular flexibility index (Phi) is 4.94. The lowest BCUT2D eigenvalue weighted by Gasteiger charge is -2.13. The van der Waals surface area contributed by atoms with Gasteiger partial charge in [-0.2, -0.15) is 0 Å². The third-order valence-electron chi connectivity index (χ3n) is 3.79. The molecule has 1 heterocycles. The van der Waals surface area contributed by atoms with Gasteiger partial charge in [-0.1, -0.05) is 24.6 Å². The lowest BCUT2D eigenvalue weighted by molar-refractivity contribution is 0.417. The molecule has 0 unspecified atom stereocenters. The van der Waals surface area contributed by atoms with Crippen LogP contribution in [-0.4, -0.2) is 25.7 Å². The largest absolute Gasteiger partial charge is 0.495 e. The molecule has 0 bridgehead atoms. The first-order valence-electron chi connectivity index (χ1n) is 8.03. The van der Waals surface area contributed by atoms with Crippen molar-refractivity contribution in [3.63, 3.8) is 0 Å². The maximum absolute atomic E-state index is 12.7. The molecule has 1 N–H and O–H groups in total. The van der Waals surface area contributed by atoms with Crippen LogP contribution in [0.3, 0.4) is 0 Å². The van der Waals surface area contributed by atoms with E-state index >= 15 is 0 Å². The SMILES string of the molecule is CCc1nnc(-c2ccc(OC)c(NS(=O)(=O)c3ccc(C)cc3)c2)o1. The Morgan fingerprint density at radius 2 is 1.85 bits per heavy atom. The highest BCUT2D eigenvalue weighted by Crippen LogP contribution is 2.32. The molecule has 26 heavy (non-hydrogen) atoms. The van der Waals surface area contributed by atoms with Crippen molar-refractivity contribution in [2.75, 3.05) is 11.8 Å². The molecule has 0 fully saturated rings. The highest BCUT2D eigenvalue weighted by molar-refractivity contribution is 7.92. The molecule has 0 saturated heterocycles. The number of ether oxygens (including phenoxy) is 1. The van der Waals surface area contributed by atoms with Crippen LogP contribution in [0.1, 0.15) is 18.4 Å². The molecule has 0 spiro atoms. The van der Waals surface area contributed by atoms with Gasteiger partial charge in [0.1, 0.15) is 5.75 Å². The molecule has 1 aromatic heterocycles. The van der Waals surface area contributed by atoms with Crippen molar-refractivity contribution in [3.8, 4) is 17.2 Å². The molecule has 0 amide bonds. The summed E-state index contributed by atoms with van der Waals surface area (Å²) in [7, 11) is -2.28. The Hall–Kier alpha value is -2.87. The second-order valence-electron chi connectivity index (χ2n) is 5.69. The number of methoxy groups -OCH3 is 1. The Balaban J connectivity index is 1.97. The molecular weight excluding hydrogens is 354 g/mol. The molecule has 3 rings (SSSR count). The van der Waals surface area contributed by atoms with Crippen molar-refractivity contribution in [2.24, 2.45) is 0 Å². The van der Waals surface area contributed by atoms with Gasteiger partial charge in [0.2, 0.25) is 11.8 Å². The third-order valence-corrected chi connectivity index (χ3v) is 5.17. The molecule has 0 saturated carbocycles. The van der Waals surface area contributed by atoms with Gasteiger partial charge in [0, 0.05) is 12.0 Å². The summed E-state index contributed by atoms with van der Waals surface area (Å²) in [5, 5.41) is 7.91. The molecule has 0 atom stereocenters. The summed E-state index contributed by atoms with van der Waals surface area (Å²) in [6.45, 7) is 3.80. The van der Waals surface area contributed by atoms with Crippen molar-refractivity contribution in [3.05, 3.63) is 53.9 Å². The summed E-state index contributed by atoms with van der Waals surface area (Å²) in [6, 6.07) is 11.6. The first-order chi connectivity index (χ1) is 12.4. The summed E-state index contributed by atoms with van der Waals surface area (Å²) < 4.78 is 38.7. The second kappa shape index (κ2) is 7.17. The van der Waals surface area contributed by atoms with Gasteiger partial charge in [0.05, 0.1) is 17.7 Å². The van der Waals surface area contributed by atoms with Crippen LogP contribution in [0.15, 0.2) is 51.8 Å². The van der Waals surface area contributed by atoms with E-state index in [0.717, 1.165) is 5.56 Å². The first kappa shape index (κ1) is 17.9. The summed E-state index contributed by atoms with van der Waals surface area (Å²) >= 11 is 0. The van der Waals surface area contributed by atoms with Gasteiger partial charge in [-0.05, 0) is 37.3 Å². The molecule has 0 aliphatic carbocycles. The molecule has 136 valence electrons. The Morgan fingerprint density at radius 1 is 1.12 bits per heavy atom. The molecule has 0 aliphatic heterocycles. The quantitative estimate of drug-likeness (QED) is 0.711. The Bertz CT molecular complexity index is 1010. The predicted octanol–water partition coefficient (Wildman–Crippen LogP) is 3.42. The number of aryl methyl sites for hydroxylation is 2. The number of benzene rings is 2. The molecule has 3 aromatic rings. The van der Waals surface area contributed by atoms with E-state index in [1.54, 1.807) is 42.5 Å². The van der Waals surface area contributed by atoms with E-state index in [-0.39, 0.29) is 4.90 Å². The van der Waals surface area contributed by atoms with Gasteiger partial charge < -0.3 is 9.15 Å². The van der Waals surface area contributed by atoms with E-state index in [0.29, 0.717) is 35.2 Å². The van der Waals surface area contributed by atoms with E-state index in [1.165, 1.54) is 7.11 Å². The van der Waals surface area contributed by atoms with E-state index in [2.05, 4.69) is 14.9 Å². The Labute approximate surface area is 152 Å². The highest BCUT2D eigenvalue weighted by atomic mass is 32.2. The van der Waals surface area contributed by atoms with E-state index in [4.69, 9.17) is 9.15 Å². The van der Waals surface area contributed by atoms with E-state index in [1.807, 2.05) is 13.8 Å². The minimum absolute atomic E-state index is 0.168. The molecule has 8 heteroatoms. The fourth-order valence-corrected chi connectivity index (χ4v) is 3.42. The number of aromatic nitrogens is 2. The number of hydrogen-bond donors (Lipinski definition) is 1. The second-order valence-corrected chi connectivity index (χ2v) is 7.37. The molecule has 7 nitrogen and oxygen atoms in total. The van der Waals surface area contributed by atoms with Gasteiger partial charge in [0.25, 0.3) is 10.0 Å². The van der Waals surface area contributed by atoms with Crippen molar-refractivity contribution >= 4 is 15.7 Å². The summed E-state index contributed by atoms with van der Waals surface area (Å²) in [4.78, 5) is 0.168. The lowest BCUT2D eigenvalue weighted by atomic mass is 10.2. The van der Waals surface area contributed by atoms with Crippen molar-refractivity contribution in [1.29, 1.82) is 0 Å². The maximum atomic E-state index is 12.7. The van der Waals surface area contributed by atoms with Gasteiger partial charge >= 0.3 is 0 Å². The summed E-state index contributed by atoms with van der Waals surface area (Å²) in [5.41, 5.74) is 1.87. The first-order valence-corrected chi connectivity index (χ1v) is 9.51. The normalized spacial score (nSPS) is 11.3. The van der Waals surface area contributed by atoms with Crippen LogP contribution in [0.5, 0.6) is 5.75 Å². The standard InChI is InChI=1S/C18H19N3O4S/c1-4-17-19-20-18(25-17)13-7-10-16(24-3)15(11-13)21-26(22,23)14-8-5-12(2)6-9-14/h5-11,21H,4H2,1-3H3. The maximum Gasteiger partial charge on any atom is 0.262 e. The molecule has 0 aliphatic rings. The monoisotopic (exact) mass is 373 g/mol. The number of hydrogen-bond acceptors (Lipinski definition) is 6. The number of nitrogens with one attached hydrogen (secondary N) is 1. The van der Waals surface area contributed by atoms with Crippen molar-refractivity contribution in [1.82, 2.24) is 10.2 Å². The molecule has 2 aromatic carbocycles. The molecular formula is C18H19N3O4S. The van der Waals surface area contributed by atoms with Crippen LogP contribution in [-0.2, 0) is 16.4 Å². The van der Waals surface area contributed by atoms with Gasteiger partial charge in [-0.15, -0.1) is 10.2 Å². The van der Waals surface area contributed by atoms with Crippen molar-refractivity contribution < 1.29 is 17.6 Å². The van der Waals surface area contributed by atoms with Crippen LogP contribution < -0.4 is 9.46 Å². The Morgan fingerprint density at radius 3 is 2.46 bits per heavy atom. The van der Waals surface area contributed by atoms with Crippen LogP contribution >= 0.6 is 0 Å². The lowest BCUT2D eigenvalue weighted by Crippen LogP contribution is -2.13. The fourth-order valence-electron chi connectivity index (χ4n) is 2.36. The number of rotatable bonds is 6. The minimum Gasteiger partial charge on any atom is -0.495 e. The zero-order chi connectivity index (χ0) is 18.7. The van der Waals surface area contributed by atoms with E-state index < -0.39 is 10.0 Å². The smallest absolute Gasteiger partial charge is 0.262 e. The summed E-state index contributed by atoms with van der Waals surface area (Å²) in [5.74, 6) is 1.22. The predicted molar refractivity (Wildman–Crippen MR) is 97.7 cm³/mol. The van der Waals surface area contributed by atoms with Crippen LogP contribution in [0.2, 0.25) is 0 Å². The van der Waals surface area contributed by atoms with E-state index in [9.17, 15) is 8.42 Å². The zero-order valence-corrected chi connectivity index (χ0v) is 15.5. The van der Waals surface area contributed by atoms with Gasteiger partial charge in [-0.3, -0.25) is 4.72 Å². The fraction of sp³-hybridized carbons (Fsp3) is 0.222. The highest BCUT2D eigenvalue weighted by Gasteiger charge is 2.18. The van der Waals surface area contributed by atoms with Gasteiger partial charge in [0.15, 0.2) is 0 Å². The van der Waals surface area contributed by atoms with Crippen LogP contribution in [0.4, 0.5) is 5.69 Å². The van der Waals surface area contributed by atoms with Crippen LogP contribution in [0, 0.1) is 6.92 Å². The zero-order valence-electron chi connectivity index (χ0n) is 14.7. The van der Waals surface area contributed by atoms with Gasteiger partial charge in [-0.25, -0.2) is 8.42 Å². The number of sulfonamides is 1. The minimum atomic E-state index is -3.76. The van der Waals surface area contributed by atoms with Crippen molar-refractivity contribution in [2.45, 2.75) is 25.2 Å². The summed E-state index contributed by atoms with van der Waals surface area (Å²) in [6.07, 6.45) is 0.621. The molecule has 0 radical (unpaired) electrons. The number of nitrogens with zero attached hydrogens (tertiary/aromatic N) is 2. The third kappa shape index (κ3) is 3.70. The average molecular weight is 373 g/mol. The average Bonchev–Trinajstić information content (AvgIpc) is 3.11.